The summed E-state index contributed by atoms with van der Waals surface area (Å²) in [6.07, 6.45) is 1.90. The highest BCUT2D eigenvalue weighted by molar-refractivity contribution is 5.84. The van der Waals surface area contributed by atoms with Crippen molar-refractivity contribution in [3.63, 3.8) is 0 Å². The number of benzene rings is 1. The maximum Gasteiger partial charge on any atom is 0.323 e. The van der Waals surface area contributed by atoms with Crippen molar-refractivity contribution in [3.8, 4) is 0 Å². The number of hydrogen-bond donors (Lipinski definition) is 1. The fourth-order valence-electron chi connectivity index (χ4n) is 2.07. The smallest absolute Gasteiger partial charge is 0.323 e. The first kappa shape index (κ1) is 18.2. The third kappa shape index (κ3) is 6.72. The molecule has 0 bridgehead atoms. The number of hydrogen-bond acceptors (Lipinski definition) is 3. The molecule has 1 unspecified atom stereocenters. The van der Waals surface area contributed by atoms with Gasteiger partial charge in [-0.3, -0.25) is 9.59 Å². The average molecular weight is 307 g/mol. The first-order chi connectivity index (χ1) is 10.5. The Balaban J connectivity index is 2.58. The van der Waals surface area contributed by atoms with Gasteiger partial charge in [0.1, 0.15) is 12.6 Å². The van der Waals surface area contributed by atoms with E-state index in [4.69, 9.17) is 9.84 Å². The molecular weight excluding hydrogens is 282 g/mol. The van der Waals surface area contributed by atoms with Crippen molar-refractivity contribution in [3.05, 3.63) is 35.9 Å². The highest BCUT2D eigenvalue weighted by atomic mass is 16.5. The lowest BCUT2D eigenvalue weighted by Crippen LogP contribution is -2.43. The van der Waals surface area contributed by atoms with Gasteiger partial charge in [-0.2, -0.15) is 0 Å². The Kier molecular flexibility index (Phi) is 8.22. The lowest BCUT2D eigenvalue weighted by Gasteiger charge is -2.24. The van der Waals surface area contributed by atoms with Gasteiger partial charge in [0.15, 0.2) is 0 Å². The molecule has 0 aromatic heterocycles. The molecule has 1 N–H and O–H groups in total. The van der Waals surface area contributed by atoms with E-state index in [9.17, 15) is 9.59 Å². The topological polar surface area (TPSA) is 66.8 Å². The van der Waals surface area contributed by atoms with Crippen LogP contribution in [0.3, 0.4) is 0 Å². The summed E-state index contributed by atoms with van der Waals surface area (Å²) >= 11 is 0. The van der Waals surface area contributed by atoms with E-state index in [1.165, 1.54) is 4.90 Å². The van der Waals surface area contributed by atoms with Gasteiger partial charge in [-0.25, -0.2) is 0 Å². The molecule has 1 amide bonds. The summed E-state index contributed by atoms with van der Waals surface area (Å²) in [6.45, 7) is 4.31. The highest BCUT2D eigenvalue weighted by Gasteiger charge is 2.22. The monoisotopic (exact) mass is 307 g/mol. The largest absolute Gasteiger partial charge is 0.480 e. The van der Waals surface area contributed by atoms with Gasteiger partial charge in [-0.05, 0) is 25.3 Å². The van der Waals surface area contributed by atoms with Crippen LogP contribution in [-0.2, 0) is 20.7 Å². The molecule has 1 atom stereocenters. The normalized spacial score (nSPS) is 11.9. The second-order valence-corrected chi connectivity index (χ2v) is 5.26. The van der Waals surface area contributed by atoms with E-state index in [0.717, 1.165) is 18.4 Å². The van der Waals surface area contributed by atoms with Gasteiger partial charge < -0.3 is 14.7 Å². The molecule has 0 radical (unpaired) electrons. The maximum absolute atomic E-state index is 12.3. The Labute approximate surface area is 131 Å². The van der Waals surface area contributed by atoms with Gasteiger partial charge in [0.05, 0.1) is 0 Å². The molecule has 0 saturated heterocycles. The Hall–Kier alpha value is -1.88. The zero-order valence-corrected chi connectivity index (χ0v) is 13.3. The summed E-state index contributed by atoms with van der Waals surface area (Å²) < 4.78 is 5.47. The van der Waals surface area contributed by atoms with Crippen molar-refractivity contribution >= 4 is 11.9 Å². The number of nitrogens with zero attached hydrogens (tertiary/aromatic N) is 1. The summed E-state index contributed by atoms with van der Waals surface area (Å²) in [5, 5.41) is 8.99. The third-order valence-corrected chi connectivity index (χ3v) is 3.36. The number of ether oxygens (including phenoxy) is 1. The first-order valence-electron chi connectivity index (χ1n) is 7.70. The number of amides is 1. The Morgan fingerprint density at radius 2 is 1.95 bits per heavy atom. The van der Waals surface area contributed by atoms with Crippen molar-refractivity contribution in [2.75, 3.05) is 19.7 Å². The van der Waals surface area contributed by atoms with Crippen LogP contribution < -0.4 is 0 Å². The van der Waals surface area contributed by atoms with Gasteiger partial charge in [-0.1, -0.05) is 43.7 Å². The molecule has 0 aliphatic carbocycles. The Morgan fingerprint density at radius 3 is 2.55 bits per heavy atom. The number of unbranched alkanes of at least 4 members (excludes halogenated alkanes) is 1. The van der Waals surface area contributed by atoms with E-state index in [0.29, 0.717) is 19.6 Å². The molecule has 0 aliphatic heterocycles. The van der Waals surface area contributed by atoms with E-state index in [-0.39, 0.29) is 12.5 Å². The minimum atomic E-state index is -1.01. The molecule has 1 aromatic carbocycles. The Bertz CT molecular complexity index is 461. The van der Waals surface area contributed by atoms with Crippen LogP contribution in [0.25, 0.3) is 0 Å². The number of rotatable bonds is 10. The predicted octanol–water partition coefficient (Wildman–Crippen LogP) is 2.35. The second kappa shape index (κ2) is 9.95. The lowest BCUT2D eigenvalue weighted by atomic mass is 10.1. The maximum atomic E-state index is 12.3. The number of aliphatic carboxylic acids is 1. The molecule has 22 heavy (non-hydrogen) atoms. The zero-order chi connectivity index (χ0) is 16.4. The number of carboxylic acid groups (broad SMARTS) is 1. The van der Waals surface area contributed by atoms with E-state index >= 15 is 0 Å². The first-order valence-corrected chi connectivity index (χ1v) is 7.70. The van der Waals surface area contributed by atoms with Gasteiger partial charge in [0.25, 0.3) is 5.91 Å². The van der Waals surface area contributed by atoms with Crippen molar-refractivity contribution in [1.29, 1.82) is 0 Å². The van der Waals surface area contributed by atoms with Crippen LogP contribution in [0, 0.1) is 0 Å². The molecule has 0 heterocycles. The molecule has 0 saturated carbocycles. The van der Waals surface area contributed by atoms with Gasteiger partial charge in [0.2, 0.25) is 0 Å². The lowest BCUT2D eigenvalue weighted by molar-refractivity contribution is -0.150. The van der Waals surface area contributed by atoms with Crippen LogP contribution in [0.4, 0.5) is 0 Å². The van der Waals surface area contributed by atoms with Crippen LogP contribution in [0.5, 0.6) is 0 Å². The number of carbonyl (C=O) groups is 2. The zero-order valence-electron chi connectivity index (χ0n) is 13.3. The summed E-state index contributed by atoms with van der Waals surface area (Å²) in [5.41, 5.74) is 1.07. The van der Waals surface area contributed by atoms with Crippen LogP contribution in [-0.4, -0.2) is 47.7 Å². The molecule has 5 heteroatoms. The summed E-state index contributed by atoms with van der Waals surface area (Å²) in [6, 6.07) is 9.70. The molecule has 0 spiro atoms. The molecule has 1 rings (SSSR count). The van der Waals surface area contributed by atoms with E-state index < -0.39 is 12.1 Å². The minimum absolute atomic E-state index is 0.269. The van der Waals surface area contributed by atoms with Gasteiger partial charge in [0, 0.05) is 13.2 Å². The van der Waals surface area contributed by atoms with Crippen LogP contribution in [0.1, 0.15) is 32.3 Å². The van der Waals surface area contributed by atoms with Crippen LogP contribution in [0.15, 0.2) is 30.3 Å². The molecule has 5 nitrogen and oxygen atoms in total. The summed E-state index contributed by atoms with van der Waals surface area (Å²) in [5.74, 6) is -1.28. The van der Waals surface area contributed by atoms with Crippen molar-refractivity contribution in [1.82, 2.24) is 4.90 Å². The quantitative estimate of drug-likeness (QED) is 0.674. The molecule has 0 fully saturated rings. The SMILES string of the molecule is CCCCOC(C)C(=O)N(CCc1ccccc1)CC(=O)O. The van der Waals surface area contributed by atoms with E-state index in [1.54, 1.807) is 6.92 Å². The van der Waals surface area contributed by atoms with E-state index in [2.05, 4.69) is 0 Å². The molecular formula is C17H25NO4. The van der Waals surface area contributed by atoms with Gasteiger partial charge >= 0.3 is 5.97 Å². The van der Waals surface area contributed by atoms with Crippen molar-refractivity contribution in [2.24, 2.45) is 0 Å². The molecule has 1 aromatic rings. The molecule has 122 valence electrons. The van der Waals surface area contributed by atoms with E-state index in [1.807, 2.05) is 37.3 Å². The molecule has 0 aliphatic rings. The van der Waals surface area contributed by atoms with Crippen molar-refractivity contribution in [2.45, 2.75) is 39.2 Å². The van der Waals surface area contributed by atoms with Crippen LogP contribution >= 0.6 is 0 Å². The van der Waals surface area contributed by atoms with Crippen molar-refractivity contribution < 1.29 is 19.4 Å². The fourth-order valence-corrected chi connectivity index (χ4v) is 2.07. The summed E-state index contributed by atoms with van der Waals surface area (Å²) in [4.78, 5) is 24.7. The fraction of sp³-hybridized carbons (Fsp3) is 0.529. The van der Waals surface area contributed by atoms with Gasteiger partial charge in [-0.15, -0.1) is 0 Å². The number of carboxylic acids is 1. The minimum Gasteiger partial charge on any atom is -0.480 e. The second-order valence-electron chi connectivity index (χ2n) is 5.26. The third-order valence-electron chi connectivity index (χ3n) is 3.36. The summed E-state index contributed by atoms with van der Waals surface area (Å²) in [7, 11) is 0. The average Bonchev–Trinajstić information content (AvgIpc) is 2.51. The number of carbonyl (C=O) groups excluding carboxylic acids is 1. The standard InChI is InChI=1S/C17H25NO4/c1-3-4-12-22-14(2)17(21)18(13-16(19)20)11-10-15-8-6-5-7-9-15/h5-9,14H,3-4,10-13H2,1-2H3,(H,19,20). The predicted molar refractivity (Wildman–Crippen MR) is 84.7 cm³/mol. The Morgan fingerprint density at radius 1 is 1.27 bits per heavy atom. The van der Waals surface area contributed by atoms with Crippen LogP contribution in [0.2, 0.25) is 0 Å². The highest BCUT2D eigenvalue weighted by Crippen LogP contribution is 2.05.